The average molecular weight is 301 g/mol. The van der Waals surface area contributed by atoms with E-state index in [4.69, 9.17) is 0 Å². The third-order valence-electron chi connectivity index (χ3n) is 5.14. The van der Waals surface area contributed by atoms with E-state index in [1.54, 1.807) is 22.9 Å². The molecule has 0 radical (unpaired) electrons. The van der Waals surface area contributed by atoms with Crippen LogP contribution in [0.1, 0.15) is 35.1 Å². The summed E-state index contributed by atoms with van der Waals surface area (Å²) in [5, 5.41) is 0. The summed E-state index contributed by atoms with van der Waals surface area (Å²) in [6, 6.07) is 13.7. The molecular weight excluding hydrogens is 278 g/mol. The molecule has 1 heterocycles. The van der Waals surface area contributed by atoms with Crippen LogP contribution in [0.3, 0.4) is 0 Å². The SMILES string of the molecule is C1=CCN=C1.c1ccc2c(c1)CCc1c-2ccc2c1CCCC2. The van der Waals surface area contributed by atoms with Crippen molar-refractivity contribution in [3.05, 3.63) is 70.8 Å². The molecule has 3 aliphatic rings. The average Bonchev–Trinajstić information content (AvgIpc) is 3.21. The normalized spacial score (nSPS) is 16.9. The first-order valence-corrected chi connectivity index (χ1v) is 8.80. The number of rotatable bonds is 0. The van der Waals surface area contributed by atoms with Gasteiger partial charge in [0.2, 0.25) is 0 Å². The molecular formula is C22H23N. The van der Waals surface area contributed by atoms with E-state index < -0.39 is 0 Å². The van der Waals surface area contributed by atoms with Crippen molar-refractivity contribution in [3.63, 3.8) is 0 Å². The van der Waals surface area contributed by atoms with Crippen LogP contribution in [0.4, 0.5) is 0 Å². The van der Waals surface area contributed by atoms with Gasteiger partial charge >= 0.3 is 0 Å². The predicted molar refractivity (Wildman–Crippen MR) is 98.4 cm³/mol. The van der Waals surface area contributed by atoms with Crippen LogP contribution >= 0.6 is 0 Å². The maximum absolute atomic E-state index is 3.85. The topological polar surface area (TPSA) is 12.4 Å². The fourth-order valence-electron chi connectivity index (χ4n) is 4.01. The minimum absolute atomic E-state index is 0.889. The molecule has 23 heavy (non-hydrogen) atoms. The Morgan fingerprint density at radius 3 is 2.43 bits per heavy atom. The molecule has 0 unspecified atom stereocenters. The second-order valence-electron chi connectivity index (χ2n) is 6.54. The minimum Gasteiger partial charge on any atom is -0.289 e. The maximum Gasteiger partial charge on any atom is 0.0573 e. The van der Waals surface area contributed by atoms with Gasteiger partial charge in [0.1, 0.15) is 0 Å². The number of hydrogen-bond donors (Lipinski definition) is 0. The van der Waals surface area contributed by atoms with Crippen LogP contribution < -0.4 is 0 Å². The summed E-state index contributed by atoms with van der Waals surface area (Å²) < 4.78 is 0. The largest absolute Gasteiger partial charge is 0.289 e. The molecule has 1 heteroatoms. The van der Waals surface area contributed by atoms with E-state index in [-0.39, 0.29) is 0 Å². The van der Waals surface area contributed by atoms with Crippen LogP contribution in [0.2, 0.25) is 0 Å². The number of nitrogens with zero attached hydrogens (tertiary/aromatic N) is 1. The molecule has 0 N–H and O–H groups in total. The maximum atomic E-state index is 3.85. The molecule has 0 spiro atoms. The third kappa shape index (κ3) is 2.88. The fraction of sp³-hybridized carbons (Fsp3) is 0.318. The van der Waals surface area contributed by atoms with Gasteiger partial charge in [-0.15, -0.1) is 0 Å². The summed E-state index contributed by atoms with van der Waals surface area (Å²) in [5.74, 6) is 0. The molecule has 2 aromatic carbocycles. The van der Waals surface area contributed by atoms with Crippen LogP contribution in [0, 0.1) is 0 Å². The van der Waals surface area contributed by atoms with Gasteiger partial charge < -0.3 is 0 Å². The van der Waals surface area contributed by atoms with Gasteiger partial charge in [-0.1, -0.05) is 42.5 Å². The van der Waals surface area contributed by atoms with E-state index in [0.29, 0.717) is 0 Å². The summed E-state index contributed by atoms with van der Waals surface area (Å²) >= 11 is 0. The van der Waals surface area contributed by atoms with Crippen molar-refractivity contribution in [1.29, 1.82) is 0 Å². The molecule has 2 aromatic rings. The van der Waals surface area contributed by atoms with Crippen molar-refractivity contribution in [2.24, 2.45) is 4.99 Å². The van der Waals surface area contributed by atoms with Crippen molar-refractivity contribution < 1.29 is 0 Å². The van der Waals surface area contributed by atoms with Crippen LogP contribution in [0.15, 0.2) is 53.5 Å². The molecule has 5 rings (SSSR count). The van der Waals surface area contributed by atoms with Crippen LogP contribution in [0.5, 0.6) is 0 Å². The molecule has 0 saturated heterocycles. The lowest BCUT2D eigenvalue weighted by atomic mass is 9.78. The van der Waals surface area contributed by atoms with Crippen molar-refractivity contribution in [1.82, 2.24) is 0 Å². The predicted octanol–water partition coefficient (Wildman–Crippen LogP) is 4.96. The zero-order chi connectivity index (χ0) is 15.5. The quantitative estimate of drug-likeness (QED) is 0.652. The Kier molecular flexibility index (Phi) is 4.10. The standard InChI is InChI=1S/C18H18.C4H5N/c1-3-7-15-13(5-1)9-11-18-16-8-4-2-6-14(16)10-12-17(15)18;1-2-4-5-3-1/h1,3,5,7,10,12H,2,4,6,8-9,11H2;1-3H,4H2. The molecule has 1 nitrogen and oxygen atoms in total. The number of allylic oxidation sites excluding steroid dienone is 1. The Morgan fingerprint density at radius 1 is 0.696 bits per heavy atom. The minimum atomic E-state index is 0.889. The van der Waals surface area contributed by atoms with Gasteiger partial charge in [-0.25, -0.2) is 0 Å². The highest BCUT2D eigenvalue weighted by atomic mass is 14.7. The van der Waals surface area contributed by atoms with Gasteiger partial charge in [0.25, 0.3) is 0 Å². The highest BCUT2D eigenvalue weighted by Crippen LogP contribution is 2.38. The number of aryl methyl sites for hydroxylation is 2. The Bertz CT molecular complexity index is 758. The van der Waals surface area contributed by atoms with Crippen molar-refractivity contribution in [3.8, 4) is 11.1 Å². The van der Waals surface area contributed by atoms with Gasteiger partial charge in [0, 0.05) is 6.21 Å². The Labute approximate surface area is 138 Å². The second kappa shape index (κ2) is 6.54. The molecule has 2 aliphatic carbocycles. The van der Waals surface area contributed by atoms with Crippen molar-refractivity contribution in [2.75, 3.05) is 6.54 Å². The Morgan fingerprint density at radius 2 is 1.61 bits per heavy atom. The first-order valence-electron chi connectivity index (χ1n) is 8.80. The lowest BCUT2D eigenvalue weighted by Gasteiger charge is -2.26. The Hall–Kier alpha value is -2.15. The fourth-order valence-corrected chi connectivity index (χ4v) is 4.01. The van der Waals surface area contributed by atoms with Gasteiger partial charge in [-0.3, -0.25) is 4.99 Å². The number of fused-ring (bicyclic) bond motifs is 5. The molecule has 0 amide bonds. The van der Waals surface area contributed by atoms with Crippen LogP contribution in [-0.4, -0.2) is 12.8 Å². The highest BCUT2D eigenvalue weighted by molar-refractivity contribution is 5.75. The lowest BCUT2D eigenvalue weighted by molar-refractivity contribution is 0.676. The molecule has 116 valence electrons. The summed E-state index contributed by atoms with van der Waals surface area (Å²) in [7, 11) is 0. The lowest BCUT2D eigenvalue weighted by Crippen LogP contribution is -2.12. The molecule has 0 fully saturated rings. The van der Waals surface area contributed by atoms with E-state index in [1.807, 2.05) is 12.2 Å². The first kappa shape index (κ1) is 14.4. The molecule has 0 bridgehead atoms. The van der Waals surface area contributed by atoms with E-state index in [9.17, 15) is 0 Å². The molecule has 0 aromatic heterocycles. The van der Waals surface area contributed by atoms with E-state index in [2.05, 4.69) is 41.4 Å². The van der Waals surface area contributed by atoms with Gasteiger partial charge in [0.05, 0.1) is 6.54 Å². The van der Waals surface area contributed by atoms with Crippen molar-refractivity contribution in [2.45, 2.75) is 38.5 Å². The van der Waals surface area contributed by atoms with Crippen molar-refractivity contribution >= 4 is 6.21 Å². The van der Waals surface area contributed by atoms with Gasteiger partial charge in [-0.2, -0.15) is 0 Å². The highest BCUT2D eigenvalue weighted by Gasteiger charge is 2.21. The second-order valence-corrected chi connectivity index (χ2v) is 6.54. The smallest absolute Gasteiger partial charge is 0.0573 e. The summed E-state index contributed by atoms with van der Waals surface area (Å²) in [4.78, 5) is 3.85. The van der Waals surface area contributed by atoms with Gasteiger partial charge in [0.15, 0.2) is 0 Å². The number of hydrogen-bond acceptors (Lipinski definition) is 1. The van der Waals surface area contributed by atoms with Crippen LogP contribution in [0.25, 0.3) is 11.1 Å². The zero-order valence-electron chi connectivity index (χ0n) is 13.6. The Balaban J connectivity index is 0.000000233. The van der Waals surface area contributed by atoms with E-state index in [1.165, 1.54) is 55.2 Å². The summed E-state index contributed by atoms with van der Waals surface area (Å²) in [6.07, 6.45) is 13.6. The first-order chi connectivity index (χ1) is 11.4. The monoisotopic (exact) mass is 301 g/mol. The molecule has 0 saturated carbocycles. The molecule has 0 atom stereocenters. The number of aliphatic imine (C=N–C) groups is 1. The molecule has 1 aliphatic heterocycles. The summed E-state index contributed by atoms with van der Waals surface area (Å²) in [5.41, 5.74) is 9.49. The number of benzene rings is 2. The van der Waals surface area contributed by atoms with E-state index >= 15 is 0 Å². The third-order valence-corrected chi connectivity index (χ3v) is 5.14. The summed E-state index contributed by atoms with van der Waals surface area (Å²) in [6.45, 7) is 0.889. The zero-order valence-corrected chi connectivity index (χ0v) is 13.6. The van der Waals surface area contributed by atoms with E-state index in [0.717, 1.165) is 6.54 Å². The van der Waals surface area contributed by atoms with Gasteiger partial charge in [-0.05, 0) is 78.0 Å². The van der Waals surface area contributed by atoms with Crippen LogP contribution in [-0.2, 0) is 25.7 Å².